The first-order chi connectivity index (χ1) is 25.1. The molecule has 13 nitrogen and oxygen atoms in total. The van der Waals surface area contributed by atoms with Crippen LogP contribution < -0.4 is 4.90 Å². The first kappa shape index (κ1) is 42.8. The summed E-state index contributed by atoms with van der Waals surface area (Å²) in [6.07, 6.45) is 13.4. The van der Waals surface area contributed by atoms with Gasteiger partial charge in [0, 0.05) is 73.2 Å². The summed E-state index contributed by atoms with van der Waals surface area (Å²) >= 11 is 0. The molecule has 4 rings (SSSR count). The molecule has 0 fully saturated rings. The van der Waals surface area contributed by atoms with Crippen LogP contribution in [0.5, 0.6) is 0 Å². The normalized spacial score (nSPS) is 17.9. The van der Waals surface area contributed by atoms with Gasteiger partial charge in [0.25, 0.3) is 10.1 Å². The Kier molecular flexibility index (Phi) is 13.3. The number of anilines is 1. The van der Waals surface area contributed by atoms with E-state index in [9.17, 15) is 39.2 Å². The van der Waals surface area contributed by atoms with Gasteiger partial charge in [0.2, 0.25) is 15.7 Å². The van der Waals surface area contributed by atoms with E-state index in [-0.39, 0.29) is 54.8 Å². The van der Waals surface area contributed by atoms with E-state index in [1.54, 1.807) is 12.1 Å². The number of allylic oxidation sites excluding steroid dienone is 8. The van der Waals surface area contributed by atoms with Crippen molar-refractivity contribution in [2.24, 2.45) is 0 Å². The molecule has 0 radical (unpaired) electrons. The van der Waals surface area contributed by atoms with Gasteiger partial charge in [-0.05, 0) is 56.5 Å². The Bertz CT molecular complexity index is 2240. The SMILES string of the molecule is CN(CCCC(=O)O)S(=O)(=O)c1ccc2c(c1)C(C)(C)C(=CC=CC=CC=CC1=[N+](CCCS(=O)(=O)O)c3ccccc3C1(C)C)N2CCCS(=O)(=O)[O-]. The molecule has 2 aliphatic heterocycles. The second-order valence-electron chi connectivity index (χ2n) is 14.4. The summed E-state index contributed by atoms with van der Waals surface area (Å²) in [6.45, 7) is 8.71. The Labute approximate surface area is 319 Å². The van der Waals surface area contributed by atoms with Crippen molar-refractivity contribution in [2.45, 2.75) is 69.1 Å². The van der Waals surface area contributed by atoms with Crippen LogP contribution in [0.4, 0.5) is 11.4 Å². The van der Waals surface area contributed by atoms with Crippen LogP contribution in [0.25, 0.3) is 0 Å². The standard InChI is InChI=1S/C38H49N3O10S3/c1-37(2)30-16-11-12-17-32(30)40(24-14-26-52(44,45)46)34(37)18-9-7-6-8-10-19-35-38(3,4)31-28-29(54(50,51)39(5)23-13-20-36(42)43)21-22-33(31)41(35)25-15-27-53(47,48)49/h6-12,16-19,21-22,28H,13-15,20,23-27H2,1-5H3,(H2-,42,43,44,45,46,47,48,49). The largest absolute Gasteiger partial charge is 0.748 e. The summed E-state index contributed by atoms with van der Waals surface area (Å²) in [5, 5.41) is 8.96. The lowest BCUT2D eigenvalue weighted by atomic mass is 9.81. The lowest BCUT2D eigenvalue weighted by Gasteiger charge is -2.27. The molecular weight excluding hydrogens is 755 g/mol. The van der Waals surface area contributed by atoms with Crippen LogP contribution in [-0.2, 0) is 45.9 Å². The van der Waals surface area contributed by atoms with Crippen molar-refractivity contribution in [3.8, 4) is 0 Å². The number of aliphatic carboxylic acids is 1. The predicted octanol–water partition coefficient (Wildman–Crippen LogP) is 5.11. The van der Waals surface area contributed by atoms with Gasteiger partial charge in [0.15, 0.2) is 5.71 Å². The Hall–Kier alpha value is -3.93. The van der Waals surface area contributed by atoms with E-state index in [0.717, 1.165) is 27.0 Å². The number of nitrogens with zero attached hydrogens (tertiary/aromatic N) is 3. The molecule has 0 unspecified atom stereocenters. The zero-order valence-corrected chi connectivity index (χ0v) is 33.6. The van der Waals surface area contributed by atoms with Gasteiger partial charge in [-0.1, -0.05) is 62.4 Å². The minimum Gasteiger partial charge on any atom is -0.748 e. The van der Waals surface area contributed by atoms with E-state index in [1.165, 1.54) is 13.1 Å². The molecule has 0 amide bonds. The van der Waals surface area contributed by atoms with E-state index in [1.807, 2.05) is 85.5 Å². The Balaban J connectivity index is 1.59. The smallest absolute Gasteiger partial charge is 0.303 e. The third-order valence-electron chi connectivity index (χ3n) is 9.75. The molecule has 0 atom stereocenters. The Morgan fingerprint density at radius 1 is 0.870 bits per heavy atom. The van der Waals surface area contributed by atoms with Gasteiger partial charge >= 0.3 is 5.97 Å². The summed E-state index contributed by atoms with van der Waals surface area (Å²) in [6, 6.07) is 12.7. The molecule has 2 aliphatic rings. The van der Waals surface area contributed by atoms with Gasteiger partial charge in [-0.15, -0.1) is 0 Å². The molecule has 2 aromatic rings. The van der Waals surface area contributed by atoms with Gasteiger partial charge < -0.3 is 14.6 Å². The number of carboxylic acids is 1. The molecule has 0 aromatic heterocycles. The fourth-order valence-electron chi connectivity index (χ4n) is 6.98. The summed E-state index contributed by atoms with van der Waals surface area (Å²) in [4.78, 5) is 12.9. The highest BCUT2D eigenvalue weighted by Gasteiger charge is 2.44. The summed E-state index contributed by atoms with van der Waals surface area (Å²) in [5.41, 5.74) is 4.15. The van der Waals surface area contributed by atoms with E-state index >= 15 is 0 Å². The fourth-order valence-corrected chi connectivity index (χ4v) is 9.19. The monoisotopic (exact) mass is 803 g/mol. The molecule has 16 heteroatoms. The molecule has 2 N–H and O–H groups in total. The topological polar surface area (TPSA) is 192 Å². The highest BCUT2D eigenvalue weighted by atomic mass is 32.2. The van der Waals surface area contributed by atoms with E-state index in [2.05, 4.69) is 18.4 Å². The number of carboxylic acid groups (broad SMARTS) is 1. The molecular formula is C38H49N3O10S3. The molecule has 0 saturated carbocycles. The number of hydrogen-bond acceptors (Lipinski definition) is 9. The van der Waals surface area contributed by atoms with E-state index in [0.29, 0.717) is 17.8 Å². The Morgan fingerprint density at radius 2 is 1.54 bits per heavy atom. The Morgan fingerprint density at radius 3 is 2.20 bits per heavy atom. The number of sulfonamides is 1. The van der Waals surface area contributed by atoms with Crippen LogP contribution in [-0.4, -0.2) is 98.2 Å². The van der Waals surface area contributed by atoms with Crippen molar-refractivity contribution >= 4 is 53.3 Å². The van der Waals surface area contributed by atoms with Crippen LogP contribution in [0.15, 0.2) is 95.6 Å². The second-order valence-corrected chi connectivity index (χ2v) is 19.5. The maximum atomic E-state index is 13.4. The average molecular weight is 804 g/mol. The van der Waals surface area contributed by atoms with Gasteiger partial charge in [-0.25, -0.2) is 21.1 Å². The third kappa shape index (κ3) is 10.2. The molecule has 0 aliphatic carbocycles. The number of hydrogen-bond donors (Lipinski definition) is 2. The highest BCUT2D eigenvalue weighted by Crippen LogP contribution is 2.48. The van der Waals surface area contributed by atoms with Crippen molar-refractivity contribution in [1.82, 2.24) is 4.31 Å². The minimum absolute atomic E-state index is 0.0314. The maximum absolute atomic E-state index is 13.4. The number of rotatable bonds is 18. The molecule has 0 bridgehead atoms. The maximum Gasteiger partial charge on any atom is 0.303 e. The van der Waals surface area contributed by atoms with Crippen LogP contribution in [0.1, 0.15) is 64.5 Å². The van der Waals surface area contributed by atoms with Crippen molar-refractivity contribution < 1.29 is 48.8 Å². The molecule has 2 heterocycles. The third-order valence-corrected chi connectivity index (χ3v) is 13.2. The molecule has 0 spiro atoms. The zero-order chi connectivity index (χ0) is 40.1. The second kappa shape index (κ2) is 16.8. The van der Waals surface area contributed by atoms with Crippen molar-refractivity contribution in [1.29, 1.82) is 0 Å². The lowest BCUT2D eigenvalue weighted by molar-refractivity contribution is -0.437. The first-order valence-corrected chi connectivity index (χ1v) is 22.2. The van der Waals surface area contributed by atoms with Crippen LogP contribution in [0.3, 0.4) is 0 Å². The minimum atomic E-state index is -4.45. The van der Waals surface area contributed by atoms with Crippen LogP contribution in [0.2, 0.25) is 0 Å². The number of carbonyl (C=O) groups is 1. The number of para-hydroxylation sites is 1. The summed E-state index contributed by atoms with van der Waals surface area (Å²) in [7, 11) is -11.1. The molecule has 54 heavy (non-hydrogen) atoms. The molecule has 0 saturated heterocycles. The highest BCUT2D eigenvalue weighted by molar-refractivity contribution is 7.89. The fraction of sp³-hybridized carbons (Fsp3) is 0.421. The predicted molar refractivity (Wildman–Crippen MR) is 208 cm³/mol. The van der Waals surface area contributed by atoms with Gasteiger partial charge in [0.1, 0.15) is 6.54 Å². The van der Waals surface area contributed by atoms with Crippen LogP contribution in [0, 0.1) is 0 Å². The van der Waals surface area contributed by atoms with Crippen molar-refractivity contribution in [3.05, 3.63) is 102 Å². The van der Waals surface area contributed by atoms with Gasteiger partial charge in [0.05, 0.1) is 26.2 Å². The van der Waals surface area contributed by atoms with Crippen molar-refractivity contribution in [2.75, 3.05) is 43.1 Å². The lowest BCUT2D eigenvalue weighted by Crippen LogP contribution is -2.28. The number of fused-ring (bicyclic) bond motifs is 2. The van der Waals surface area contributed by atoms with Crippen molar-refractivity contribution in [3.63, 3.8) is 0 Å². The summed E-state index contributed by atoms with van der Waals surface area (Å²) in [5.74, 6) is -1.90. The molecule has 294 valence electrons. The average Bonchev–Trinajstić information content (AvgIpc) is 3.41. The number of benzene rings is 2. The van der Waals surface area contributed by atoms with Gasteiger partial charge in [-0.2, -0.15) is 13.0 Å². The van der Waals surface area contributed by atoms with Gasteiger partial charge in [-0.3, -0.25) is 9.35 Å². The van der Waals surface area contributed by atoms with Crippen LogP contribution >= 0.6 is 0 Å². The first-order valence-electron chi connectivity index (χ1n) is 17.5. The van der Waals surface area contributed by atoms with E-state index in [4.69, 9.17) is 5.11 Å². The van der Waals surface area contributed by atoms with E-state index < -0.39 is 47.4 Å². The quantitative estimate of drug-likeness (QED) is 0.116. The summed E-state index contributed by atoms with van der Waals surface area (Å²) < 4.78 is 96.3. The zero-order valence-electron chi connectivity index (χ0n) is 31.2. The molecule has 2 aromatic carbocycles.